The van der Waals surface area contributed by atoms with Crippen molar-refractivity contribution >= 4 is 64.6 Å². The fourth-order valence-corrected chi connectivity index (χ4v) is 5.89. The van der Waals surface area contributed by atoms with Crippen LogP contribution in [0.3, 0.4) is 0 Å². The molecule has 1 N–H and O–H groups in total. The molecule has 0 radical (unpaired) electrons. The molecule has 0 saturated carbocycles. The molecule has 0 atom stereocenters. The molecule has 3 heterocycles. The van der Waals surface area contributed by atoms with Crippen LogP contribution in [0.5, 0.6) is 0 Å². The van der Waals surface area contributed by atoms with E-state index in [1.54, 1.807) is 17.7 Å². The lowest BCUT2D eigenvalue weighted by Crippen LogP contribution is -1.94. The van der Waals surface area contributed by atoms with Gasteiger partial charge in [0.25, 0.3) is 0 Å². The van der Waals surface area contributed by atoms with Crippen LogP contribution in [0.2, 0.25) is 0 Å². The molecule has 0 unspecified atom stereocenters. The summed E-state index contributed by atoms with van der Waals surface area (Å²) < 4.78 is 3.62. The second kappa shape index (κ2) is 6.65. The summed E-state index contributed by atoms with van der Waals surface area (Å²) in [4.78, 5) is 10.2. The predicted molar refractivity (Wildman–Crippen MR) is 125 cm³/mol. The van der Waals surface area contributed by atoms with Crippen molar-refractivity contribution in [3.8, 4) is 10.4 Å². The lowest BCUT2D eigenvalue weighted by molar-refractivity contribution is 1.23. The third-order valence-electron chi connectivity index (χ3n) is 5.03. The first-order chi connectivity index (χ1) is 14.4. The number of thiophene rings is 2. The first-order valence-electron chi connectivity index (χ1n) is 9.34. The largest absolute Gasteiger partial charge is 0.338 e. The number of anilines is 2. The van der Waals surface area contributed by atoms with Gasteiger partial charge in [-0.05, 0) is 23.8 Å². The van der Waals surface area contributed by atoms with Crippen molar-refractivity contribution in [3.05, 3.63) is 85.2 Å². The maximum Gasteiger partial charge on any atom is 0.151 e. The Hall–Kier alpha value is -3.28. The molecule has 6 aromatic rings. The average Bonchev–Trinajstić information content (AvgIpc) is 3.37. The third kappa shape index (κ3) is 2.78. The van der Waals surface area contributed by atoms with E-state index < -0.39 is 0 Å². The van der Waals surface area contributed by atoms with Gasteiger partial charge in [-0.1, -0.05) is 60.7 Å². The Kier molecular flexibility index (Phi) is 3.82. The molecule has 6 rings (SSSR count). The summed E-state index contributed by atoms with van der Waals surface area (Å²) in [6, 6.07) is 27.5. The summed E-state index contributed by atoms with van der Waals surface area (Å²) >= 11 is 3.54. The van der Waals surface area contributed by atoms with E-state index in [9.17, 15) is 0 Å². The Bertz CT molecular complexity index is 1480. The molecule has 3 aromatic carbocycles. The van der Waals surface area contributed by atoms with Crippen molar-refractivity contribution in [1.82, 2.24) is 9.97 Å². The second-order valence-electron chi connectivity index (χ2n) is 6.82. The lowest BCUT2D eigenvalue weighted by atomic mass is 10.1. The van der Waals surface area contributed by atoms with Gasteiger partial charge in [0.15, 0.2) is 5.82 Å². The smallest absolute Gasteiger partial charge is 0.151 e. The molecule has 3 aromatic heterocycles. The van der Waals surface area contributed by atoms with Gasteiger partial charge in [-0.25, -0.2) is 9.97 Å². The van der Waals surface area contributed by atoms with Crippen molar-refractivity contribution < 1.29 is 0 Å². The fraction of sp³-hybridized carbons (Fsp3) is 0. The molecule has 0 aliphatic rings. The molecule has 0 spiro atoms. The number of hydrogen-bond acceptors (Lipinski definition) is 5. The van der Waals surface area contributed by atoms with Crippen molar-refractivity contribution in [3.63, 3.8) is 0 Å². The van der Waals surface area contributed by atoms with E-state index in [2.05, 4.69) is 88.1 Å². The van der Waals surface area contributed by atoms with Crippen LogP contribution in [0.15, 0.2) is 85.2 Å². The molecule has 29 heavy (non-hydrogen) atoms. The number of nitrogens with one attached hydrogen (secondary N) is 1. The van der Waals surface area contributed by atoms with Crippen LogP contribution in [0.25, 0.3) is 40.8 Å². The van der Waals surface area contributed by atoms with Gasteiger partial charge in [-0.3, -0.25) is 0 Å². The van der Waals surface area contributed by atoms with Crippen LogP contribution in [-0.2, 0) is 0 Å². The molecule has 5 heteroatoms. The van der Waals surface area contributed by atoms with Gasteiger partial charge < -0.3 is 5.32 Å². The SMILES string of the molecule is c1ccc(-c2cc3ncnc(Nc4cccc5c4sc4ccccc45)c3s2)cc1. The number of nitrogens with zero attached hydrogens (tertiary/aromatic N) is 2. The minimum absolute atomic E-state index is 0.854. The van der Waals surface area contributed by atoms with E-state index in [0.29, 0.717) is 0 Å². The third-order valence-corrected chi connectivity index (χ3v) is 7.43. The Morgan fingerprint density at radius 2 is 1.52 bits per heavy atom. The highest BCUT2D eigenvalue weighted by Gasteiger charge is 2.13. The van der Waals surface area contributed by atoms with Crippen LogP contribution in [0.1, 0.15) is 0 Å². The summed E-state index contributed by atoms with van der Waals surface area (Å²) in [7, 11) is 0. The van der Waals surface area contributed by atoms with E-state index in [-0.39, 0.29) is 0 Å². The van der Waals surface area contributed by atoms with Crippen LogP contribution in [-0.4, -0.2) is 9.97 Å². The highest BCUT2D eigenvalue weighted by atomic mass is 32.1. The summed E-state index contributed by atoms with van der Waals surface area (Å²) in [5.74, 6) is 0.854. The standard InChI is InChI=1S/C24H15N3S2/c1-2-7-15(8-3-1)21-13-19-23(29-21)24(26-14-25-19)27-18-11-6-10-17-16-9-4-5-12-20(16)28-22(17)18/h1-14H,(H,25,26,27). The first-order valence-corrected chi connectivity index (χ1v) is 11.0. The maximum absolute atomic E-state index is 4.56. The Balaban J connectivity index is 1.49. The molecule has 3 nitrogen and oxygen atoms in total. The molecule has 0 fully saturated rings. The van der Waals surface area contributed by atoms with Crippen LogP contribution in [0, 0.1) is 0 Å². The quantitative estimate of drug-likeness (QED) is 0.329. The molecule has 0 aliphatic carbocycles. The predicted octanol–water partition coefficient (Wildman–Crippen LogP) is 7.47. The van der Waals surface area contributed by atoms with Crippen LogP contribution in [0.4, 0.5) is 11.5 Å². The van der Waals surface area contributed by atoms with E-state index in [4.69, 9.17) is 0 Å². The average molecular weight is 410 g/mol. The number of hydrogen-bond donors (Lipinski definition) is 1. The lowest BCUT2D eigenvalue weighted by Gasteiger charge is -2.07. The zero-order valence-electron chi connectivity index (χ0n) is 15.3. The Morgan fingerprint density at radius 3 is 2.45 bits per heavy atom. The normalized spacial score (nSPS) is 11.4. The Morgan fingerprint density at radius 1 is 0.690 bits per heavy atom. The maximum atomic E-state index is 4.56. The van der Waals surface area contributed by atoms with Crippen LogP contribution < -0.4 is 5.32 Å². The number of rotatable bonds is 3. The van der Waals surface area contributed by atoms with Gasteiger partial charge in [0.2, 0.25) is 0 Å². The van der Waals surface area contributed by atoms with Crippen molar-refractivity contribution in [1.29, 1.82) is 0 Å². The molecule has 0 aliphatic heterocycles. The van der Waals surface area contributed by atoms with Crippen molar-refractivity contribution in [2.24, 2.45) is 0 Å². The minimum atomic E-state index is 0.854. The van der Waals surface area contributed by atoms with Crippen LogP contribution >= 0.6 is 22.7 Å². The number of fused-ring (bicyclic) bond motifs is 4. The molecule has 0 saturated heterocycles. The summed E-state index contributed by atoms with van der Waals surface area (Å²) in [6.07, 6.45) is 1.64. The molecule has 0 bridgehead atoms. The van der Waals surface area contributed by atoms with E-state index >= 15 is 0 Å². The number of aromatic nitrogens is 2. The first kappa shape index (κ1) is 16.7. The molecule has 0 amide bonds. The highest BCUT2D eigenvalue weighted by molar-refractivity contribution is 7.26. The van der Waals surface area contributed by atoms with Gasteiger partial charge in [0.05, 0.1) is 20.6 Å². The van der Waals surface area contributed by atoms with Gasteiger partial charge in [0, 0.05) is 20.3 Å². The zero-order chi connectivity index (χ0) is 19.2. The Labute approximate surface area is 175 Å². The summed E-state index contributed by atoms with van der Waals surface area (Å²) in [5.41, 5.74) is 3.25. The fourth-order valence-electron chi connectivity index (χ4n) is 3.66. The van der Waals surface area contributed by atoms with Gasteiger partial charge in [-0.2, -0.15) is 0 Å². The van der Waals surface area contributed by atoms with E-state index in [0.717, 1.165) is 21.7 Å². The van der Waals surface area contributed by atoms with Gasteiger partial charge in [0.1, 0.15) is 6.33 Å². The van der Waals surface area contributed by atoms with E-state index in [1.165, 1.54) is 30.6 Å². The minimum Gasteiger partial charge on any atom is -0.338 e. The number of benzene rings is 3. The molecular formula is C24H15N3S2. The second-order valence-corrected chi connectivity index (χ2v) is 8.92. The van der Waals surface area contributed by atoms with E-state index in [1.807, 2.05) is 17.4 Å². The van der Waals surface area contributed by atoms with Crippen molar-refractivity contribution in [2.75, 3.05) is 5.32 Å². The van der Waals surface area contributed by atoms with Gasteiger partial charge in [-0.15, -0.1) is 22.7 Å². The zero-order valence-corrected chi connectivity index (χ0v) is 16.9. The summed E-state index contributed by atoms with van der Waals surface area (Å²) in [5, 5.41) is 6.16. The highest BCUT2D eigenvalue weighted by Crippen LogP contribution is 2.41. The van der Waals surface area contributed by atoms with Crippen molar-refractivity contribution in [2.45, 2.75) is 0 Å². The molecular weight excluding hydrogens is 394 g/mol. The molecule has 138 valence electrons. The monoisotopic (exact) mass is 409 g/mol. The summed E-state index contributed by atoms with van der Waals surface area (Å²) in [6.45, 7) is 0. The van der Waals surface area contributed by atoms with Gasteiger partial charge >= 0.3 is 0 Å². The topological polar surface area (TPSA) is 37.8 Å².